The third-order valence-corrected chi connectivity index (χ3v) is 7.71. The van der Waals surface area contributed by atoms with Crippen molar-refractivity contribution in [3.8, 4) is 5.75 Å². The highest BCUT2D eigenvalue weighted by atomic mass is 16.5. The molecule has 218 valence electrons. The van der Waals surface area contributed by atoms with Crippen LogP contribution in [0, 0.1) is 5.41 Å². The van der Waals surface area contributed by atoms with Crippen LogP contribution in [-0.2, 0) is 9.59 Å². The molecule has 4 rings (SSSR count). The molecule has 2 heterocycles. The van der Waals surface area contributed by atoms with Crippen molar-refractivity contribution in [2.45, 2.75) is 51.2 Å². The number of likely N-dealkylation sites (tertiary alicyclic amines) is 1. The van der Waals surface area contributed by atoms with Gasteiger partial charge in [-0.1, -0.05) is 0 Å². The molecule has 1 aromatic carbocycles. The van der Waals surface area contributed by atoms with Gasteiger partial charge in [-0.15, -0.1) is 0 Å². The standard InChI is InChI=1S/C28H42N8O4/c1-20(36-17-28(18-36)14-21(29)15-28)16-40-23-6-4-22(5-7-23)32-24(8-9-31-19-37)33-26(39)35-12-10-34(11-13-35)25(38)27(2,3)30/h4-9,19-21H,10-18,29-30H2,1-3H3,(H,31,37)(H,32,33,39)/b9-8-. The topological polar surface area (TPSA) is 159 Å². The first-order chi connectivity index (χ1) is 19.0. The van der Waals surface area contributed by atoms with E-state index in [9.17, 15) is 14.4 Å². The summed E-state index contributed by atoms with van der Waals surface area (Å²) in [5, 5.41) is 5.21. The highest BCUT2D eigenvalue weighted by Crippen LogP contribution is 2.48. The highest BCUT2D eigenvalue weighted by molar-refractivity contribution is 6.05. The Kier molecular flexibility index (Phi) is 9.12. The number of piperazine rings is 1. The van der Waals surface area contributed by atoms with Crippen LogP contribution in [0.1, 0.15) is 33.6 Å². The number of benzene rings is 1. The zero-order chi connectivity index (χ0) is 28.9. The average molecular weight is 555 g/mol. The molecule has 0 radical (unpaired) electrons. The monoisotopic (exact) mass is 554 g/mol. The molecular weight excluding hydrogens is 512 g/mol. The van der Waals surface area contributed by atoms with E-state index in [2.05, 4.69) is 27.4 Å². The molecule has 12 nitrogen and oxygen atoms in total. The first-order valence-electron chi connectivity index (χ1n) is 13.8. The molecule has 1 atom stereocenters. The lowest BCUT2D eigenvalue weighted by molar-refractivity contribution is -0.137. The van der Waals surface area contributed by atoms with Crippen LogP contribution in [0.3, 0.4) is 0 Å². The van der Waals surface area contributed by atoms with Crippen LogP contribution < -0.4 is 26.8 Å². The predicted molar refractivity (Wildman–Crippen MR) is 153 cm³/mol. The van der Waals surface area contributed by atoms with Crippen molar-refractivity contribution in [3.63, 3.8) is 0 Å². The number of rotatable bonds is 9. The van der Waals surface area contributed by atoms with Gasteiger partial charge in [0.25, 0.3) is 0 Å². The Morgan fingerprint density at radius 2 is 1.77 bits per heavy atom. The molecule has 1 saturated carbocycles. The molecule has 0 aromatic heterocycles. The predicted octanol–water partition coefficient (Wildman–Crippen LogP) is 0.758. The van der Waals surface area contributed by atoms with Gasteiger partial charge >= 0.3 is 6.03 Å². The summed E-state index contributed by atoms with van der Waals surface area (Å²) in [4.78, 5) is 46.3. The molecule has 4 amide bonds. The van der Waals surface area contributed by atoms with E-state index in [0.29, 0.717) is 62.4 Å². The Morgan fingerprint density at radius 1 is 1.15 bits per heavy atom. The maximum Gasteiger partial charge on any atom is 0.323 e. The van der Waals surface area contributed by atoms with Crippen molar-refractivity contribution in [2.24, 2.45) is 21.9 Å². The zero-order valence-electron chi connectivity index (χ0n) is 23.6. The van der Waals surface area contributed by atoms with Gasteiger partial charge in [-0.25, -0.2) is 9.79 Å². The van der Waals surface area contributed by atoms with Crippen LogP contribution in [0.4, 0.5) is 10.5 Å². The van der Waals surface area contributed by atoms with E-state index >= 15 is 0 Å². The number of hydrogen-bond acceptors (Lipinski definition) is 8. The molecule has 3 fully saturated rings. The van der Waals surface area contributed by atoms with E-state index in [1.165, 1.54) is 12.3 Å². The summed E-state index contributed by atoms with van der Waals surface area (Å²) in [6, 6.07) is 7.64. The number of aliphatic imine (C=N–C) groups is 1. The number of carbonyl (C=O) groups is 3. The van der Waals surface area contributed by atoms with Crippen molar-refractivity contribution in [1.29, 1.82) is 0 Å². The van der Waals surface area contributed by atoms with Crippen LogP contribution in [0.25, 0.3) is 0 Å². The maximum absolute atomic E-state index is 12.9. The Labute approximate surface area is 235 Å². The molecule has 6 N–H and O–H groups in total. The first kappa shape index (κ1) is 29.5. The smallest absolute Gasteiger partial charge is 0.323 e. The number of urea groups is 1. The third-order valence-electron chi connectivity index (χ3n) is 7.71. The van der Waals surface area contributed by atoms with Crippen LogP contribution in [0.5, 0.6) is 5.75 Å². The van der Waals surface area contributed by atoms with Crippen LogP contribution >= 0.6 is 0 Å². The highest BCUT2D eigenvalue weighted by Gasteiger charge is 2.51. The van der Waals surface area contributed by atoms with Gasteiger partial charge in [-0.3, -0.25) is 19.8 Å². The molecule has 1 spiro atoms. The van der Waals surface area contributed by atoms with Crippen molar-refractivity contribution in [2.75, 3.05) is 45.9 Å². The van der Waals surface area contributed by atoms with Crippen LogP contribution in [0.15, 0.2) is 41.5 Å². The van der Waals surface area contributed by atoms with Crippen molar-refractivity contribution < 1.29 is 19.1 Å². The van der Waals surface area contributed by atoms with E-state index in [-0.39, 0.29) is 17.8 Å². The number of carbonyl (C=O) groups excluding carboxylic acids is 3. The van der Waals surface area contributed by atoms with E-state index in [1.807, 2.05) is 12.1 Å². The summed E-state index contributed by atoms with van der Waals surface area (Å²) in [7, 11) is 0. The van der Waals surface area contributed by atoms with E-state index < -0.39 is 5.54 Å². The molecule has 1 unspecified atom stereocenters. The number of nitrogens with two attached hydrogens (primary N) is 2. The quantitative estimate of drug-likeness (QED) is 0.199. The van der Waals surface area contributed by atoms with Crippen molar-refractivity contribution in [3.05, 3.63) is 36.5 Å². The fraction of sp³-hybridized carbons (Fsp3) is 0.571. The maximum atomic E-state index is 12.9. The van der Waals surface area contributed by atoms with Gasteiger partial charge in [-0.05, 0) is 69.4 Å². The molecule has 1 aromatic rings. The summed E-state index contributed by atoms with van der Waals surface area (Å²) in [6.45, 7) is 9.83. The molecule has 12 heteroatoms. The van der Waals surface area contributed by atoms with Gasteiger partial charge < -0.3 is 31.3 Å². The number of nitrogens with zero attached hydrogens (tertiary/aromatic N) is 4. The zero-order valence-corrected chi connectivity index (χ0v) is 23.6. The number of amides is 4. The summed E-state index contributed by atoms with van der Waals surface area (Å²) in [5.41, 5.74) is 12.0. The fourth-order valence-electron chi connectivity index (χ4n) is 5.50. The van der Waals surface area contributed by atoms with Gasteiger partial charge in [0.15, 0.2) is 0 Å². The molecular formula is C28H42N8O4. The van der Waals surface area contributed by atoms with Crippen LogP contribution in [-0.4, -0.2) is 102 Å². The Bertz CT molecular complexity index is 1110. The largest absolute Gasteiger partial charge is 0.492 e. The lowest BCUT2D eigenvalue weighted by Gasteiger charge is -2.60. The van der Waals surface area contributed by atoms with Crippen molar-refractivity contribution in [1.82, 2.24) is 25.3 Å². The van der Waals surface area contributed by atoms with Gasteiger partial charge in [0.2, 0.25) is 12.3 Å². The second-order valence-corrected chi connectivity index (χ2v) is 11.8. The lowest BCUT2D eigenvalue weighted by atomic mass is 9.60. The van der Waals surface area contributed by atoms with Gasteiger partial charge in [0.1, 0.15) is 18.2 Å². The van der Waals surface area contributed by atoms with Crippen molar-refractivity contribution >= 4 is 29.9 Å². The Hall–Kier alpha value is -3.48. The van der Waals surface area contributed by atoms with Gasteiger partial charge in [0, 0.05) is 57.6 Å². The lowest BCUT2D eigenvalue weighted by Crippen LogP contribution is -2.67. The fourth-order valence-corrected chi connectivity index (χ4v) is 5.50. The molecule has 3 aliphatic rings. The average Bonchev–Trinajstić information content (AvgIpc) is 2.88. The Balaban J connectivity index is 1.29. The van der Waals surface area contributed by atoms with E-state index in [1.54, 1.807) is 35.8 Å². The number of nitrogens with one attached hydrogen (secondary N) is 2. The molecule has 0 bridgehead atoms. The summed E-state index contributed by atoms with van der Waals surface area (Å²) in [5.74, 6) is 0.849. The molecule has 2 aliphatic heterocycles. The van der Waals surface area contributed by atoms with E-state index in [4.69, 9.17) is 16.2 Å². The minimum Gasteiger partial charge on any atom is -0.492 e. The Morgan fingerprint density at radius 3 is 2.35 bits per heavy atom. The van der Waals surface area contributed by atoms with Gasteiger partial charge in [-0.2, -0.15) is 0 Å². The summed E-state index contributed by atoms with van der Waals surface area (Å²) < 4.78 is 6.01. The minimum absolute atomic E-state index is 0.146. The van der Waals surface area contributed by atoms with Gasteiger partial charge in [0.05, 0.1) is 11.2 Å². The third kappa shape index (κ3) is 7.38. The number of ether oxygens (including phenoxy) is 1. The molecule has 1 aliphatic carbocycles. The first-order valence-corrected chi connectivity index (χ1v) is 13.8. The SMILES string of the molecule is CC(COc1ccc(N=C(/C=C\NC=O)NC(=O)N2CCN(C(=O)C(C)(C)N)CC2)cc1)N1CC2(CC(N)C2)C1. The number of hydrogen-bond donors (Lipinski definition) is 4. The minimum atomic E-state index is -0.956. The second-order valence-electron chi connectivity index (χ2n) is 11.8. The normalized spacial score (nSPS) is 20.6. The van der Waals surface area contributed by atoms with E-state index in [0.717, 1.165) is 31.7 Å². The number of amidine groups is 1. The molecule has 40 heavy (non-hydrogen) atoms. The second kappa shape index (κ2) is 12.4. The van der Waals surface area contributed by atoms with Crippen LogP contribution in [0.2, 0.25) is 0 Å². The summed E-state index contributed by atoms with van der Waals surface area (Å²) in [6.07, 6.45) is 5.69. The summed E-state index contributed by atoms with van der Waals surface area (Å²) >= 11 is 0. The molecule has 2 saturated heterocycles.